The Morgan fingerprint density at radius 2 is 1.84 bits per heavy atom. The summed E-state index contributed by atoms with van der Waals surface area (Å²) in [7, 11) is 0. The number of thioether (sulfide) groups is 1. The number of benzene rings is 1. The van der Waals surface area contributed by atoms with E-state index in [1.165, 1.54) is 29.5 Å². The van der Waals surface area contributed by atoms with Crippen LogP contribution in [0.5, 0.6) is 0 Å². The average molecular weight is 356 g/mol. The number of hydrogen-bond acceptors (Lipinski definition) is 5. The van der Waals surface area contributed by atoms with Crippen LogP contribution < -0.4 is 16.0 Å². The summed E-state index contributed by atoms with van der Waals surface area (Å²) in [6.07, 6.45) is 1.35. The van der Waals surface area contributed by atoms with Gasteiger partial charge in [-0.2, -0.15) is 11.8 Å². The molecule has 2 amide bonds. The fourth-order valence-corrected chi connectivity index (χ4v) is 3.51. The van der Waals surface area contributed by atoms with E-state index in [1.54, 1.807) is 6.07 Å². The maximum Gasteiger partial charge on any atom is 0.267 e. The SMILES string of the molecule is NC(=O)c1ccc(C(=O)NCc2ccc(N3CCSCC3)cc2)cn1. The van der Waals surface area contributed by atoms with Gasteiger partial charge in [-0.25, -0.2) is 0 Å². The molecule has 3 rings (SSSR count). The molecule has 2 aromatic rings. The van der Waals surface area contributed by atoms with Crippen molar-refractivity contribution < 1.29 is 9.59 Å². The molecule has 7 heteroatoms. The van der Waals surface area contributed by atoms with Crippen LogP contribution in [0.25, 0.3) is 0 Å². The molecule has 1 aromatic heterocycles. The van der Waals surface area contributed by atoms with Crippen LogP contribution in [0.15, 0.2) is 42.6 Å². The van der Waals surface area contributed by atoms with Gasteiger partial charge < -0.3 is 16.0 Å². The molecule has 1 aliphatic rings. The van der Waals surface area contributed by atoms with Crippen molar-refractivity contribution in [3.05, 3.63) is 59.4 Å². The molecule has 2 heterocycles. The predicted molar refractivity (Wildman–Crippen MR) is 99.9 cm³/mol. The molecule has 1 aliphatic heterocycles. The average Bonchev–Trinajstić information content (AvgIpc) is 2.67. The summed E-state index contributed by atoms with van der Waals surface area (Å²) in [4.78, 5) is 29.4. The lowest BCUT2D eigenvalue weighted by molar-refractivity contribution is 0.0947. The minimum atomic E-state index is -0.612. The van der Waals surface area contributed by atoms with Crippen molar-refractivity contribution in [3.63, 3.8) is 0 Å². The Balaban J connectivity index is 1.55. The highest BCUT2D eigenvalue weighted by atomic mass is 32.2. The third-order valence-corrected chi connectivity index (χ3v) is 4.99. The number of hydrogen-bond donors (Lipinski definition) is 2. The van der Waals surface area contributed by atoms with Crippen LogP contribution in [0.4, 0.5) is 5.69 Å². The van der Waals surface area contributed by atoms with Crippen LogP contribution in [0.3, 0.4) is 0 Å². The third kappa shape index (κ3) is 4.51. The molecule has 0 atom stereocenters. The van der Waals surface area contributed by atoms with Crippen molar-refractivity contribution >= 4 is 29.3 Å². The number of amides is 2. The number of primary amides is 1. The van der Waals surface area contributed by atoms with Crippen LogP contribution in [0.1, 0.15) is 26.4 Å². The first-order valence-corrected chi connectivity index (χ1v) is 9.24. The Labute approximate surface area is 150 Å². The van der Waals surface area contributed by atoms with E-state index in [1.807, 2.05) is 23.9 Å². The number of rotatable bonds is 5. The van der Waals surface area contributed by atoms with E-state index in [-0.39, 0.29) is 11.6 Å². The first-order chi connectivity index (χ1) is 12.1. The van der Waals surface area contributed by atoms with E-state index < -0.39 is 5.91 Å². The lowest BCUT2D eigenvalue weighted by Gasteiger charge is -2.28. The first kappa shape index (κ1) is 17.3. The second kappa shape index (κ2) is 8.02. The van der Waals surface area contributed by atoms with Gasteiger partial charge in [-0.3, -0.25) is 14.6 Å². The van der Waals surface area contributed by atoms with Gasteiger partial charge in [-0.05, 0) is 29.8 Å². The van der Waals surface area contributed by atoms with Gasteiger partial charge in [0.05, 0.1) is 5.56 Å². The highest BCUT2D eigenvalue weighted by molar-refractivity contribution is 7.99. The van der Waals surface area contributed by atoms with E-state index in [0.717, 1.165) is 18.7 Å². The largest absolute Gasteiger partial charge is 0.370 e. The summed E-state index contributed by atoms with van der Waals surface area (Å²) in [5, 5.41) is 2.85. The van der Waals surface area contributed by atoms with Gasteiger partial charge >= 0.3 is 0 Å². The van der Waals surface area contributed by atoms with Crippen molar-refractivity contribution in [3.8, 4) is 0 Å². The van der Waals surface area contributed by atoms with Crippen molar-refractivity contribution in [2.45, 2.75) is 6.54 Å². The lowest BCUT2D eigenvalue weighted by atomic mass is 10.2. The van der Waals surface area contributed by atoms with Crippen LogP contribution in [0.2, 0.25) is 0 Å². The molecular formula is C18H20N4O2S. The monoisotopic (exact) mass is 356 g/mol. The van der Waals surface area contributed by atoms with E-state index in [4.69, 9.17) is 5.73 Å². The van der Waals surface area contributed by atoms with Crippen LogP contribution in [-0.4, -0.2) is 41.4 Å². The Hall–Kier alpha value is -2.54. The zero-order valence-corrected chi connectivity index (χ0v) is 14.6. The molecule has 6 nitrogen and oxygen atoms in total. The Morgan fingerprint density at radius 3 is 2.44 bits per heavy atom. The van der Waals surface area contributed by atoms with Crippen molar-refractivity contribution in [1.29, 1.82) is 0 Å². The van der Waals surface area contributed by atoms with E-state index in [9.17, 15) is 9.59 Å². The molecule has 0 spiro atoms. The van der Waals surface area contributed by atoms with Crippen LogP contribution in [0, 0.1) is 0 Å². The maximum absolute atomic E-state index is 12.1. The van der Waals surface area contributed by atoms with Gasteiger partial charge in [0, 0.05) is 43.0 Å². The molecule has 1 saturated heterocycles. The Bertz CT molecular complexity index is 741. The smallest absolute Gasteiger partial charge is 0.267 e. The standard InChI is InChI=1S/C18H20N4O2S/c19-17(23)16-6-3-14(12-20-16)18(24)21-11-13-1-4-15(5-2-13)22-7-9-25-10-8-22/h1-6,12H,7-11H2,(H2,19,23)(H,21,24). The molecular weight excluding hydrogens is 336 g/mol. The topological polar surface area (TPSA) is 88.3 Å². The summed E-state index contributed by atoms with van der Waals surface area (Å²) < 4.78 is 0. The number of aromatic nitrogens is 1. The predicted octanol–water partition coefficient (Wildman–Crippen LogP) is 1.66. The molecule has 3 N–H and O–H groups in total. The first-order valence-electron chi connectivity index (χ1n) is 8.09. The summed E-state index contributed by atoms with van der Waals surface area (Å²) in [5.74, 6) is 1.49. The minimum Gasteiger partial charge on any atom is -0.370 e. The fraction of sp³-hybridized carbons (Fsp3) is 0.278. The van der Waals surface area contributed by atoms with Gasteiger partial charge in [0.15, 0.2) is 0 Å². The maximum atomic E-state index is 12.1. The molecule has 0 unspecified atom stereocenters. The summed E-state index contributed by atoms with van der Waals surface area (Å²) >= 11 is 1.99. The number of carbonyl (C=O) groups is 2. The van der Waals surface area contributed by atoms with Crippen LogP contribution in [-0.2, 0) is 6.54 Å². The van der Waals surface area contributed by atoms with E-state index in [2.05, 4.69) is 27.3 Å². The van der Waals surface area contributed by atoms with Gasteiger partial charge in [-0.1, -0.05) is 12.1 Å². The van der Waals surface area contributed by atoms with Gasteiger partial charge in [0.25, 0.3) is 11.8 Å². The number of nitrogens with two attached hydrogens (primary N) is 1. The third-order valence-electron chi connectivity index (χ3n) is 4.04. The van der Waals surface area contributed by atoms with E-state index >= 15 is 0 Å². The van der Waals surface area contributed by atoms with Gasteiger partial charge in [0.1, 0.15) is 5.69 Å². The van der Waals surface area contributed by atoms with Crippen molar-refractivity contribution in [1.82, 2.24) is 10.3 Å². The number of nitrogens with one attached hydrogen (secondary N) is 1. The lowest BCUT2D eigenvalue weighted by Crippen LogP contribution is -2.32. The molecule has 130 valence electrons. The quantitative estimate of drug-likeness (QED) is 0.851. The number of anilines is 1. The molecule has 1 aromatic carbocycles. The van der Waals surface area contributed by atoms with Crippen molar-refractivity contribution in [2.75, 3.05) is 29.5 Å². The fourth-order valence-electron chi connectivity index (χ4n) is 2.60. The zero-order chi connectivity index (χ0) is 17.6. The zero-order valence-electron chi connectivity index (χ0n) is 13.8. The number of pyridine rings is 1. The molecule has 0 saturated carbocycles. The molecule has 0 aliphatic carbocycles. The summed E-state index contributed by atoms with van der Waals surface area (Å²) in [5.41, 5.74) is 7.93. The highest BCUT2D eigenvalue weighted by Crippen LogP contribution is 2.19. The second-order valence-electron chi connectivity index (χ2n) is 5.74. The number of carbonyl (C=O) groups excluding carboxylic acids is 2. The van der Waals surface area contributed by atoms with Crippen molar-refractivity contribution in [2.24, 2.45) is 5.73 Å². The highest BCUT2D eigenvalue weighted by Gasteiger charge is 2.11. The Kier molecular flexibility index (Phi) is 5.55. The molecule has 1 fully saturated rings. The molecule has 0 radical (unpaired) electrons. The second-order valence-corrected chi connectivity index (χ2v) is 6.97. The van der Waals surface area contributed by atoms with Gasteiger partial charge in [-0.15, -0.1) is 0 Å². The molecule has 25 heavy (non-hydrogen) atoms. The van der Waals surface area contributed by atoms with E-state index in [0.29, 0.717) is 12.1 Å². The van der Waals surface area contributed by atoms with Gasteiger partial charge in [0.2, 0.25) is 0 Å². The minimum absolute atomic E-state index is 0.142. The van der Waals surface area contributed by atoms with Crippen LogP contribution >= 0.6 is 11.8 Å². The number of nitrogens with zero attached hydrogens (tertiary/aromatic N) is 2. The molecule has 0 bridgehead atoms. The normalized spacial score (nSPS) is 14.2. The Morgan fingerprint density at radius 1 is 1.12 bits per heavy atom. The summed E-state index contributed by atoms with van der Waals surface area (Å²) in [6, 6.07) is 11.3. The summed E-state index contributed by atoms with van der Waals surface area (Å²) in [6.45, 7) is 2.59.